The largest absolute Gasteiger partial charge is 0.316 e. The first-order valence-corrected chi connectivity index (χ1v) is 6.65. The molecular formula is C12H20N2S. The third-order valence-electron chi connectivity index (χ3n) is 3.05. The lowest BCUT2D eigenvalue weighted by Crippen LogP contribution is -2.11. The molecule has 0 spiro atoms. The maximum Gasteiger partial charge on any atom is 0.0956 e. The summed E-state index contributed by atoms with van der Waals surface area (Å²) >= 11 is 1.87. The highest BCUT2D eigenvalue weighted by molar-refractivity contribution is 7.11. The van der Waals surface area contributed by atoms with Crippen molar-refractivity contribution in [3.63, 3.8) is 0 Å². The van der Waals surface area contributed by atoms with E-state index in [1.165, 1.54) is 41.5 Å². The Morgan fingerprint density at radius 1 is 1.53 bits per heavy atom. The van der Waals surface area contributed by atoms with Crippen LogP contribution in [-0.4, -0.2) is 18.1 Å². The predicted octanol–water partition coefficient (Wildman–Crippen LogP) is 2.73. The third kappa shape index (κ3) is 2.58. The molecule has 1 saturated heterocycles. The topological polar surface area (TPSA) is 24.9 Å². The zero-order valence-electron chi connectivity index (χ0n) is 9.84. The molecule has 0 aliphatic carbocycles. The van der Waals surface area contributed by atoms with E-state index in [0.717, 1.165) is 5.92 Å². The quantitative estimate of drug-likeness (QED) is 0.854. The smallest absolute Gasteiger partial charge is 0.0956 e. The van der Waals surface area contributed by atoms with Crippen molar-refractivity contribution in [2.45, 2.75) is 39.5 Å². The van der Waals surface area contributed by atoms with Crippen molar-refractivity contribution in [2.75, 3.05) is 13.1 Å². The molecule has 1 aromatic heterocycles. The molecular weight excluding hydrogens is 204 g/mol. The van der Waals surface area contributed by atoms with Gasteiger partial charge in [-0.2, -0.15) is 0 Å². The Morgan fingerprint density at radius 2 is 2.33 bits per heavy atom. The van der Waals surface area contributed by atoms with Gasteiger partial charge in [0.1, 0.15) is 0 Å². The maximum atomic E-state index is 4.76. The molecule has 3 heteroatoms. The van der Waals surface area contributed by atoms with Gasteiger partial charge in [0.2, 0.25) is 0 Å². The van der Waals surface area contributed by atoms with E-state index in [1.807, 2.05) is 11.3 Å². The molecule has 1 aromatic rings. The zero-order chi connectivity index (χ0) is 10.8. The van der Waals surface area contributed by atoms with Crippen LogP contribution in [0.15, 0.2) is 0 Å². The van der Waals surface area contributed by atoms with Gasteiger partial charge in [-0.1, -0.05) is 13.8 Å². The lowest BCUT2D eigenvalue weighted by Gasteiger charge is -2.05. The van der Waals surface area contributed by atoms with Crippen LogP contribution in [0.2, 0.25) is 0 Å². The van der Waals surface area contributed by atoms with Crippen LogP contribution in [0.25, 0.3) is 0 Å². The highest BCUT2D eigenvalue weighted by Gasteiger charge is 2.18. The first kappa shape index (κ1) is 11.1. The SMILES string of the molecule is Cc1sc(C(C)C)nc1CC1CCNC1. The summed E-state index contributed by atoms with van der Waals surface area (Å²) in [5, 5.41) is 4.72. The van der Waals surface area contributed by atoms with Gasteiger partial charge in [-0.25, -0.2) is 4.98 Å². The van der Waals surface area contributed by atoms with Gasteiger partial charge in [0.15, 0.2) is 0 Å². The number of nitrogens with one attached hydrogen (secondary N) is 1. The second-order valence-electron chi connectivity index (χ2n) is 4.77. The van der Waals surface area contributed by atoms with Gasteiger partial charge in [0, 0.05) is 10.8 Å². The summed E-state index contributed by atoms with van der Waals surface area (Å²) in [6.45, 7) is 9.01. The van der Waals surface area contributed by atoms with Gasteiger partial charge in [0.25, 0.3) is 0 Å². The second-order valence-corrected chi connectivity index (χ2v) is 6.01. The van der Waals surface area contributed by atoms with E-state index in [0.29, 0.717) is 5.92 Å². The number of thiazole rings is 1. The lowest BCUT2D eigenvalue weighted by molar-refractivity contribution is 0.570. The molecule has 0 saturated carbocycles. The fourth-order valence-corrected chi connectivity index (χ4v) is 3.00. The summed E-state index contributed by atoms with van der Waals surface area (Å²) in [5.74, 6) is 1.38. The molecule has 1 aliphatic heterocycles. The molecule has 1 fully saturated rings. The standard InChI is InChI=1S/C12H20N2S/c1-8(2)12-14-11(9(3)15-12)6-10-4-5-13-7-10/h8,10,13H,4-7H2,1-3H3. The maximum absolute atomic E-state index is 4.76. The molecule has 2 heterocycles. The van der Waals surface area contributed by atoms with Crippen LogP contribution >= 0.6 is 11.3 Å². The van der Waals surface area contributed by atoms with Gasteiger partial charge in [-0.3, -0.25) is 0 Å². The van der Waals surface area contributed by atoms with Crippen molar-refractivity contribution in [2.24, 2.45) is 5.92 Å². The fraction of sp³-hybridized carbons (Fsp3) is 0.750. The number of nitrogens with zero attached hydrogens (tertiary/aromatic N) is 1. The van der Waals surface area contributed by atoms with E-state index in [-0.39, 0.29) is 0 Å². The van der Waals surface area contributed by atoms with Gasteiger partial charge >= 0.3 is 0 Å². The number of aryl methyl sites for hydroxylation is 1. The molecule has 2 nitrogen and oxygen atoms in total. The van der Waals surface area contributed by atoms with Crippen LogP contribution in [0.5, 0.6) is 0 Å². The van der Waals surface area contributed by atoms with Crippen molar-refractivity contribution < 1.29 is 0 Å². The lowest BCUT2D eigenvalue weighted by atomic mass is 10.0. The van der Waals surface area contributed by atoms with Gasteiger partial charge in [-0.15, -0.1) is 11.3 Å². The van der Waals surface area contributed by atoms with Crippen molar-refractivity contribution >= 4 is 11.3 Å². The second kappa shape index (κ2) is 4.62. The zero-order valence-corrected chi connectivity index (χ0v) is 10.7. The monoisotopic (exact) mass is 224 g/mol. The van der Waals surface area contributed by atoms with E-state index in [2.05, 4.69) is 26.1 Å². The number of hydrogen-bond donors (Lipinski definition) is 1. The minimum absolute atomic E-state index is 0.573. The summed E-state index contributed by atoms with van der Waals surface area (Å²) < 4.78 is 0. The van der Waals surface area contributed by atoms with Crippen LogP contribution in [0.1, 0.15) is 41.8 Å². The molecule has 0 aromatic carbocycles. The Kier molecular flexibility index (Phi) is 3.42. The van der Waals surface area contributed by atoms with Crippen molar-refractivity contribution in [1.29, 1.82) is 0 Å². The van der Waals surface area contributed by atoms with Crippen LogP contribution < -0.4 is 5.32 Å². The molecule has 0 bridgehead atoms. The Labute approximate surface area is 96.1 Å². The number of aromatic nitrogens is 1. The van der Waals surface area contributed by atoms with Gasteiger partial charge in [0.05, 0.1) is 10.7 Å². The number of hydrogen-bond acceptors (Lipinski definition) is 3. The summed E-state index contributed by atoms with van der Waals surface area (Å²) in [5.41, 5.74) is 1.34. The van der Waals surface area contributed by atoms with Gasteiger partial charge in [-0.05, 0) is 38.8 Å². The molecule has 2 rings (SSSR count). The van der Waals surface area contributed by atoms with Crippen LogP contribution in [0.3, 0.4) is 0 Å². The Hall–Kier alpha value is -0.410. The molecule has 1 aliphatic rings. The molecule has 1 atom stereocenters. The van der Waals surface area contributed by atoms with E-state index in [9.17, 15) is 0 Å². The average Bonchev–Trinajstić information content (AvgIpc) is 2.77. The Balaban J connectivity index is 2.06. The predicted molar refractivity (Wildman–Crippen MR) is 65.6 cm³/mol. The van der Waals surface area contributed by atoms with E-state index < -0.39 is 0 Å². The minimum Gasteiger partial charge on any atom is -0.316 e. The first-order chi connectivity index (χ1) is 7.16. The highest BCUT2D eigenvalue weighted by Crippen LogP contribution is 2.26. The molecule has 0 amide bonds. The van der Waals surface area contributed by atoms with Crippen molar-refractivity contribution in [3.05, 3.63) is 15.6 Å². The highest BCUT2D eigenvalue weighted by atomic mass is 32.1. The Morgan fingerprint density at radius 3 is 2.87 bits per heavy atom. The van der Waals surface area contributed by atoms with Gasteiger partial charge < -0.3 is 5.32 Å². The molecule has 1 unspecified atom stereocenters. The Bertz CT molecular complexity index is 324. The molecule has 0 radical (unpaired) electrons. The van der Waals surface area contributed by atoms with Crippen LogP contribution in [0.4, 0.5) is 0 Å². The van der Waals surface area contributed by atoms with Crippen molar-refractivity contribution in [3.8, 4) is 0 Å². The van der Waals surface area contributed by atoms with E-state index in [4.69, 9.17) is 4.98 Å². The van der Waals surface area contributed by atoms with Crippen LogP contribution in [0, 0.1) is 12.8 Å². The number of rotatable bonds is 3. The van der Waals surface area contributed by atoms with Crippen LogP contribution in [-0.2, 0) is 6.42 Å². The third-order valence-corrected chi connectivity index (χ3v) is 4.36. The van der Waals surface area contributed by atoms with E-state index >= 15 is 0 Å². The molecule has 84 valence electrons. The average molecular weight is 224 g/mol. The normalized spacial score (nSPS) is 21.5. The summed E-state index contributed by atoms with van der Waals surface area (Å²) in [6, 6.07) is 0. The molecule has 1 N–H and O–H groups in total. The summed E-state index contributed by atoms with van der Waals surface area (Å²) in [6.07, 6.45) is 2.48. The van der Waals surface area contributed by atoms with Crippen molar-refractivity contribution in [1.82, 2.24) is 10.3 Å². The summed E-state index contributed by atoms with van der Waals surface area (Å²) in [7, 11) is 0. The first-order valence-electron chi connectivity index (χ1n) is 5.83. The molecule has 15 heavy (non-hydrogen) atoms. The minimum atomic E-state index is 0.573. The summed E-state index contributed by atoms with van der Waals surface area (Å²) in [4.78, 5) is 6.19. The fourth-order valence-electron chi connectivity index (χ4n) is 2.05. The van der Waals surface area contributed by atoms with E-state index in [1.54, 1.807) is 0 Å².